The van der Waals surface area contributed by atoms with Crippen LogP contribution in [0, 0.1) is 17.8 Å². The van der Waals surface area contributed by atoms with Gasteiger partial charge in [-0.2, -0.15) is 0 Å². The van der Waals surface area contributed by atoms with Gasteiger partial charge in [0.2, 0.25) is 0 Å². The molecule has 0 spiro atoms. The second kappa shape index (κ2) is 5.72. The van der Waals surface area contributed by atoms with Gasteiger partial charge in [-0.1, -0.05) is 19.1 Å². The lowest BCUT2D eigenvalue weighted by atomic mass is 9.64. The molecule has 0 amide bonds. The monoisotopic (exact) mass is 303 g/mol. The Morgan fingerprint density at radius 2 is 2.14 bits per heavy atom. The van der Waals surface area contributed by atoms with Gasteiger partial charge >= 0.3 is 5.63 Å². The highest BCUT2D eigenvalue weighted by molar-refractivity contribution is 5.82. The first-order chi connectivity index (χ1) is 10.5. The molecule has 0 saturated heterocycles. The summed E-state index contributed by atoms with van der Waals surface area (Å²) in [6.07, 6.45) is 6.89. The number of anilines is 1. The van der Waals surface area contributed by atoms with Crippen molar-refractivity contribution in [2.24, 2.45) is 17.8 Å². The van der Waals surface area contributed by atoms with Crippen molar-refractivity contribution in [2.75, 3.05) is 5.73 Å². The molecule has 1 fully saturated rings. The van der Waals surface area contributed by atoms with Crippen molar-refractivity contribution in [3.8, 4) is 0 Å². The summed E-state index contributed by atoms with van der Waals surface area (Å²) in [5.41, 5.74) is 5.22. The largest absolute Gasteiger partial charge is 0.427 e. The van der Waals surface area contributed by atoms with Crippen LogP contribution in [-0.2, 0) is 0 Å². The lowest BCUT2D eigenvalue weighted by Gasteiger charge is -2.42. The summed E-state index contributed by atoms with van der Waals surface area (Å²) >= 11 is 0. The van der Waals surface area contributed by atoms with Gasteiger partial charge in [0.25, 0.3) is 0 Å². The highest BCUT2D eigenvalue weighted by Crippen LogP contribution is 2.47. The van der Waals surface area contributed by atoms with Gasteiger partial charge in [0, 0.05) is 12.0 Å². The average Bonchev–Trinajstić information content (AvgIpc) is 2.47. The Morgan fingerprint density at radius 1 is 1.36 bits per heavy atom. The highest BCUT2D eigenvalue weighted by Gasteiger charge is 2.40. The van der Waals surface area contributed by atoms with Crippen LogP contribution in [0.1, 0.15) is 48.2 Å². The van der Waals surface area contributed by atoms with Gasteiger partial charge < -0.3 is 15.3 Å². The van der Waals surface area contributed by atoms with Crippen molar-refractivity contribution < 1.29 is 14.3 Å². The Kier molecular flexibility index (Phi) is 3.91. The van der Waals surface area contributed by atoms with Gasteiger partial charge in [-0.15, -0.1) is 0 Å². The number of allylic oxidation sites excluding steroid dienone is 2. The molecule has 22 heavy (non-hydrogen) atoms. The number of carbonyl (C=O) groups is 1. The maximum Gasteiger partial charge on any atom is 0.348 e. The molecule has 1 saturated carbocycles. The number of hydrogen-bond donors (Lipinski definition) is 2. The Labute approximate surface area is 128 Å². The van der Waals surface area contributed by atoms with Crippen LogP contribution in [0.3, 0.4) is 0 Å². The number of hydrogen-bond acceptors (Lipinski definition) is 5. The van der Waals surface area contributed by atoms with Gasteiger partial charge in [0.1, 0.15) is 11.3 Å². The standard InChI is InChI=1S/C17H21NO4/c1-9-2-3-10-6-11(20)4-5-12(10)16(9)15-7-14(18)13(8-19)17(21)22-15/h2-3,7-12,16,20H,4-6,18H2,1H3/t9-,10-,11+,12+,16+/m0/s1. The van der Waals surface area contributed by atoms with Gasteiger partial charge in [0.15, 0.2) is 6.29 Å². The fourth-order valence-corrected chi connectivity index (χ4v) is 3.99. The van der Waals surface area contributed by atoms with Crippen molar-refractivity contribution in [1.82, 2.24) is 0 Å². The topological polar surface area (TPSA) is 93.5 Å². The Bertz CT molecular complexity index is 663. The van der Waals surface area contributed by atoms with Crippen LogP contribution in [-0.4, -0.2) is 17.5 Å². The third-order valence-corrected chi connectivity index (χ3v) is 5.10. The van der Waals surface area contributed by atoms with E-state index in [2.05, 4.69) is 19.1 Å². The van der Waals surface area contributed by atoms with Crippen LogP contribution in [0.15, 0.2) is 27.4 Å². The predicted octanol–water partition coefficient (Wildman–Crippen LogP) is 2.10. The van der Waals surface area contributed by atoms with Crippen molar-refractivity contribution >= 4 is 12.0 Å². The molecule has 5 heteroatoms. The summed E-state index contributed by atoms with van der Waals surface area (Å²) in [6.45, 7) is 2.09. The number of carbonyl (C=O) groups excluding carboxylic acids is 1. The molecule has 2 aliphatic carbocycles. The minimum Gasteiger partial charge on any atom is -0.427 e. The summed E-state index contributed by atoms with van der Waals surface area (Å²) in [5.74, 6) is 1.45. The third kappa shape index (κ3) is 2.50. The van der Waals surface area contributed by atoms with Crippen molar-refractivity contribution in [3.63, 3.8) is 0 Å². The molecule has 2 aliphatic rings. The fraction of sp³-hybridized carbons (Fsp3) is 0.529. The summed E-state index contributed by atoms with van der Waals surface area (Å²) in [7, 11) is 0. The van der Waals surface area contributed by atoms with Crippen LogP contribution >= 0.6 is 0 Å². The summed E-state index contributed by atoms with van der Waals surface area (Å²) in [6, 6.07) is 1.62. The second-order valence-corrected chi connectivity index (χ2v) is 6.49. The van der Waals surface area contributed by atoms with E-state index in [0.717, 1.165) is 19.3 Å². The number of nitrogen functional groups attached to an aromatic ring is 1. The summed E-state index contributed by atoms with van der Waals surface area (Å²) < 4.78 is 5.40. The predicted molar refractivity (Wildman–Crippen MR) is 82.7 cm³/mol. The third-order valence-electron chi connectivity index (χ3n) is 5.10. The van der Waals surface area contributed by atoms with E-state index >= 15 is 0 Å². The van der Waals surface area contributed by atoms with Crippen LogP contribution in [0.5, 0.6) is 0 Å². The molecule has 0 aliphatic heterocycles. The normalized spacial score (nSPS) is 34.2. The molecule has 0 bridgehead atoms. The minimum atomic E-state index is -0.667. The summed E-state index contributed by atoms with van der Waals surface area (Å²) in [4.78, 5) is 22.8. The molecule has 0 radical (unpaired) electrons. The van der Waals surface area contributed by atoms with Gasteiger partial charge in [-0.25, -0.2) is 4.79 Å². The molecular formula is C17H21NO4. The molecule has 3 N–H and O–H groups in total. The quantitative estimate of drug-likeness (QED) is 0.644. The van der Waals surface area contributed by atoms with E-state index in [0.29, 0.717) is 23.9 Å². The molecule has 0 aromatic carbocycles. The lowest BCUT2D eigenvalue weighted by Crippen LogP contribution is -2.35. The molecule has 118 valence electrons. The van der Waals surface area contributed by atoms with Crippen molar-refractivity contribution in [3.05, 3.63) is 40.0 Å². The van der Waals surface area contributed by atoms with Crippen molar-refractivity contribution in [2.45, 2.75) is 38.2 Å². The first-order valence-corrected chi connectivity index (χ1v) is 7.76. The maximum atomic E-state index is 11.9. The maximum absolute atomic E-state index is 11.9. The Balaban J connectivity index is 2.01. The zero-order valence-electron chi connectivity index (χ0n) is 12.6. The minimum absolute atomic E-state index is 0.0539. The fourth-order valence-electron chi connectivity index (χ4n) is 3.99. The number of rotatable bonds is 2. The van der Waals surface area contributed by atoms with E-state index in [1.807, 2.05) is 0 Å². The molecule has 1 heterocycles. The molecular weight excluding hydrogens is 282 g/mol. The van der Waals surface area contributed by atoms with Gasteiger partial charge in [0.05, 0.1) is 11.8 Å². The number of aliphatic hydroxyl groups excluding tert-OH is 1. The first-order valence-electron chi connectivity index (χ1n) is 7.76. The zero-order chi connectivity index (χ0) is 15.9. The first kappa shape index (κ1) is 15.0. The van der Waals surface area contributed by atoms with E-state index < -0.39 is 5.63 Å². The number of aliphatic hydroxyl groups is 1. The highest BCUT2D eigenvalue weighted by atomic mass is 16.4. The molecule has 5 atom stereocenters. The van der Waals surface area contributed by atoms with E-state index in [-0.39, 0.29) is 29.2 Å². The molecule has 1 aromatic rings. The van der Waals surface area contributed by atoms with E-state index in [1.165, 1.54) is 0 Å². The van der Waals surface area contributed by atoms with Gasteiger partial charge in [-0.3, -0.25) is 4.79 Å². The second-order valence-electron chi connectivity index (χ2n) is 6.49. The van der Waals surface area contributed by atoms with Crippen LogP contribution in [0.2, 0.25) is 0 Å². The number of aldehydes is 1. The Morgan fingerprint density at radius 3 is 2.82 bits per heavy atom. The average molecular weight is 303 g/mol. The SMILES string of the molecule is C[C@H]1C=C[C@H]2C[C@H](O)CC[C@H]2[C@@H]1c1cc(N)c(C=O)c(=O)o1. The zero-order valence-corrected chi connectivity index (χ0v) is 12.6. The van der Waals surface area contributed by atoms with Crippen LogP contribution < -0.4 is 11.4 Å². The van der Waals surface area contributed by atoms with Gasteiger partial charge in [-0.05, 0) is 37.0 Å². The molecule has 1 aromatic heterocycles. The van der Waals surface area contributed by atoms with E-state index in [4.69, 9.17) is 10.2 Å². The molecule has 5 nitrogen and oxygen atoms in total. The lowest BCUT2D eigenvalue weighted by molar-refractivity contribution is 0.0617. The van der Waals surface area contributed by atoms with Crippen molar-refractivity contribution in [1.29, 1.82) is 0 Å². The Hall–Kier alpha value is -1.88. The summed E-state index contributed by atoms with van der Waals surface area (Å²) in [5, 5.41) is 9.86. The smallest absolute Gasteiger partial charge is 0.348 e. The van der Waals surface area contributed by atoms with E-state index in [9.17, 15) is 14.7 Å². The van der Waals surface area contributed by atoms with Crippen LogP contribution in [0.25, 0.3) is 0 Å². The van der Waals surface area contributed by atoms with Crippen LogP contribution in [0.4, 0.5) is 5.69 Å². The molecule has 0 unspecified atom stereocenters. The molecule has 3 rings (SSSR count). The number of nitrogens with two attached hydrogens (primary N) is 1. The van der Waals surface area contributed by atoms with E-state index in [1.54, 1.807) is 6.07 Å². The number of fused-ring (bicyclic) bond motifs is 1.